The van der Waals surface area contributed by atoms with Gasteiger partial charge in [-0.3, -0.25) is 0 Å². The Morgan fingerprint density at radius 1 is 0.667 bits per heavy atom. The maximum atomic E-state index is 2.24. The van der Waals surface area contributed by atoms with Gasteiger partial charge in [0.25, 0.3) is 0 Å². The van der Waals surface area contributed by atoms with E-state index in [4.69, 9.17) is 0 Å². The molecular formula is C10H10F6FeSb. The summed E-state index contributed by atoms with van der Waals surface area (Å²) in [5.41, 5.74) is 0. The molecule has 18 heavy (non-hydrogen) atoms. The van der Waals surface area contributed by atoms with Gasteiger partial charge in [0.2, 0.25) is 0 Å². The number of rotatable bonds is 2. The van der Waals surface area contributed by atoms with Crippen LogP contribution < -0.4 is 28.2 Å². The fourth-order valence-corrected chi connectivity index (χ4v) is 2.45. The Balaban J connectivity index is -0.0000000514. The van der Waals surface area contributed by atoms with Crippen LogP contribution >= 0.6 is 0 Å². The predicted octanol–water partition coefficient (Wildman–Crippen LogP) is -15.6. The monoisotopic (exact) mass is 421 g/mol. The molecule has 2 aliphatic rings. The molecule has 0 fully saturated rings. The van der Waals surface area contributed by atoms with Crippen molar-refractivity contribution < 1.29 is 43.2 Å². The van der Waals surface area contributed by atoms with Crippen LogP contribution in [0.2, 0.25) is 0 Å². The van der Waals surface area contributed by atoms with Gasteiger partial charge in [-0.2, -0.15) is 0 Å². The van der Waals surface area contributed by atoms with Gasteiger partial charge in [-0.1, -0.05) is 0 Å². The van der Waals surface area contributed by atoms with E-state index in [2.05, 4.69) is 36.5 Å². The maximum absolute atomic E-state index is 2.24. The second kappa shape index (κ2) is 19.2. The van der Waals surface area contributed by atoms with Gasteiger partial charge < -0.3 is 28.2 Å². The van der Waals surface area contributed by atoms with Gasteiger partial charge in [-0.15, -0.1) is 0 Å². The van der Waals surface area contributed by atoms with E-state index in [0.717, 1.165) is 12.8 Å². The standard InChI is InChI=1S/2C5H5.6FH.Fe.Sb/c2*1-2-4-5-3-1;;;;;;;;/h2*1-3H,4H2;6*1H;;/q;;;;;;;;2*+3/p-6. The second-order valence-electron chi connectivity index (χ2n) is 2.55. The van der Waals surface area contributed by atoms with Crippen molar-refractivity contribution in [1.29, 1.82) is 0 Å². The molecule has 0 saturated heterocycles. The smallest absolute Gasteiger partial charge is 1.00 e. The predicted molar refractivity (Wildman–Crippen MR) is 49.4 cm³/mol. The van der Waals surface area contributed by atoms with Crippen molar-refractivity contribution in [3.05, 3.63) is 45.4 Å². The fraction of sp³-hybridized carbons (Fsp3) is 0.200. The Morgan fingerprint density at radius 3 is 1.22 bits per heavy atom. The molecule has 0 aromatic rings. The molecule has 0 nitrogen and oxygen atoms in total. The van der Waals surface area contributed by atoms with Crippen molar-refractivity contribution in [2.45, 2.75) is 12.8 Å². The summed E-state index contributed by atoms with van der Waals surface area (Å²) >= 11 is 1.18. The van der Waals surface area contributed by atoms with Crippen LogP contribution in [-0.4, -0.2) is 24.4 Å². The first-order valence-corrected chi connectivity index (χ1v) is 4.89. The van der Waals surface area contributed by atoms with Gasteiger partial charge in [-0.25, -0.2) is 0 Å². The summed E-state index contributed by atoms with van der Waals surface area (Å²) in [6, 6.07) is 0. The Kier molecular flexibility index (Phi) is 38.5. The van der Waals surface area contributed by atoms with E-state index in [1.807, 2.05) is 0 Å². The van der Waals surface area contributed by atoms with E-state index in [1.54, 1.807) is 8.94 Å². The normalized spacial score (nSPS) is 12.4. The zero-order chi connectivity index (χ0) is 7.52. The van der Waals surface area contributed by atoms with Gasteiger partial charge in [0.1, 0.15) is 0 Å². The van der Waals surface area contributed by atoms with E-state index in [-0.39, 0.29) is 52.7 Å². The summed E-state index contributed by atoms with van der Waals surface area (Å²) in [6.45, 7) is 0. The zero-order valence-electron chi connectivity index (χ0n) is 8.95. The maximum Gasteiger partial charge on any atom is 3.00 e. The van der Waals surface area contributed by atoms with E-state index < -0.39 is 0 Å². The molecule has 2 rings (SSSR count). The Labute approximate surface area is 125 Å². The van der Waals surface area contributed by atoms with Crippen molar-refractivity contribution in [1.82, 2.24) is 0 Å². The molecule has 0 saturated carbocycles. The summed E-state index contributed by atoms with van der Waals surface area (Å²) in [5.74, 6) is 0. The quantitative estimate of drug-likeness (QED) is 0.307. The summed E-state index contributed by atoms with van der Waals surface area (Å²) in [4.78, 5) is 0. The van der Waals surface area contributed by atoms with Crippen LogP contribution in [0.3, 0.4) is 0 Å². The third-order valence-corrected chi connectivity index (χ3v) is 3.19. The van der Waals surface area contributed by atoms with Gasteiger partial charge in [0.05, 0.1) is 0 Å². The first-order valence-electron chi connectivity index (χ1n) is 3.79. The minimum absolute atomic E-state index is 0. The average molecular weight is 422 g/mol. The minimum atomic E-state index is 0. The van der Waals surface area contributed by atoms with Gasteiger partial charge in [0, 0.05) is 0 Å². The molecule has 105 valence electrons. The largest absolute Gasteiger partial charge is 3.00 e. The van der Waals surface area contributed by atoms with E-state index >= 15 is 0 Å². The molecule has 0 unspecified atom stereocenters. The summed E-state index contributed by atoms with van der Waals surface area (Å²) in [5, 5.41) is 0. The molecule has 2 aliphatic carbocycles. The van der Waals surface area contributed by atoms with Crippen LogP contribution in [0, 0.1) is 0 Å². The number of halogens is 6. The van der Waals surface area contributed by atoms with Crippen molar-refractivity contribution in [3.63, 3.8) is 0 Å². The topological polar surface area (TPSA) is 0 Å². The Morgan fingerprint density at radius 2 is 1.00 bits per heavy atom. The van der Waals surface area contributed by atoms with Gasteiger partial charge in [-0.05, 0) is 0 Å². The third-order valence-electron chi connectivity index (χ3n) is 1.66. The van der Waals surface area contributed by atoms with Crippen molar-refractivity contribution >= 4 is 24.4 Å². The van der Waals surface area contributed by atoms with Gasteiger partial charge >= 0.3 is 97.6 Å². The molecule has 8 heteroatoms. The van der Waals surface area contributed by atoms with E-state index in [9.17, 15) is 0 Å². The van der Waals surface area contributed by atoms with Gasteiger partial charge in [0.15, 0.2) is 0 Å². The average Bonchev–Trinajstić information content (AvgIpc) is 2.60. The number of hydrogen-bond acceptors (Lipinski definition) is 0. The van der Waals surface area contributed by atoms with Crippen LogP contribution in [-0.2, 0) is 15.0 Å². The van der Waals surface area contributed by atoms with Crippen LogP contribution in [0.1, 0.15) is 12.8 Å². The van der Waals surface area contributed by atoms with Crippen LogP contribution in [0.15, 0.2) is 45.4 Å². The summed E-state index contributed by atoms with van der Waals surface area (Å²) in [6.07, 6.45) is 15.5. The van der Waals surface area contributed by atoms with Crippen molar-refractivity contribution in [2.24, 2.45) is 0 Å². The molecule has 0 heterocycles. The van der Waals surface area contributed by atoms with E-state index in [0.29, 0.717) is 0 Å². The molecule has 2 radical (unpaired) electrons. The van der Waals surface area contributed by atoms with Crippen LogP contribution in [0.25, 0.3) is 0 Å². The Hall–Kier alpha value is -0.122. The molecule has 0 N–H and O–H groups in total. The van der Waals surface area contributed by atoms with Crippen molar-refractivity contribution in [3.8, 4) is 0 Å². The van der Waals surface area contributed by atoms with E-state index in [1.165, 1.54) is 15.0 Å². The minimum Gasteiger partial charge on any atom is -1.00 e. The number of allylic oxidation sites excluding steroid dienone is 8. The fourth-order valence-electron chi connectivity index (χ4n) is 1.11. The molecule has 0 spiro atoms. The third kappa shape index (κ3) is 11.0. The SMILES string of the molecule is C1=CC[C]([Fe+3][C]2=CC=CC2)=C1.[F-].[F-].[F-].[F-].[F-].[F-].[Sb+3]. The Bertz CT molecular complexity index is 260. The molecule has 0 aliphatic heterocycles. The van der Waals surface area contributed by atoms with Crippen LogP contribution in [0.5, 0.6) is 0 Å². The van der Waals surface area contributed by atoms with Crippen LogP contribution in [0.4, 0.5) is 0 Å². The second-order valence-corrected chi connectivity index (χ2v) is 4.24. The number of hydrogen-bond donors (Lipinski definition) is 0. The summed E-state index contributed by atoms with van der Waals surface area (Å²) < 4.78 is 3.11. The first kappa shape index (κ1) is 36.1. The summed E-state index contributed by atoms with van der Waals surface area (Å²) in [7, 11) is 0. The first-order chi connectivity index (χ1) is 5.45. The van der Waals surface area contributed by atoms with Crippen molar-refractivity contribution in [2.75, 3.05) is 0 Å². The molecule has 0 aromatic heterocycles. The molecule has 0 atom stereocenters. The molecular weight excluding hydrogens is 412 g/mol. The molecule has 0 amide bonds. The molecule has 0 aromatic carbocycles. The molecule has 0 bridgehead atoms. The zero-order valence-corrected chi connectivity index (χ0v) is 12.6.